The van der Waals surface area contributed by atoms with Crippen LogP contribution in [-0.4, -0.2) is 20.4 Å². The van der Waals surface area contributed by atoms with Crippen molar-refractivity contribution in [1.29, 1.82) is 0 Å². The number of hydrogen-bond acceptors (Lipinski definition) is 5. The van der Waals surface area contributed by atoms with Gasteiger partial charge in [0.15, 0.2) is 5.16 Å². The fourth-order valence-corrected chi connectivity index (χ4v) is 3.47. The van der Waals surface area contributed by atoms with Gasteiger partial charge in [-0.2, -0.15) is 13.2 Å². The molecule has 0 spiro atoms. The zero-order chi connectivity index (χ0) is 17.3. The summed E-state index contributed by atoms with van der Waals surface area (Å²) in [5, 5.41) is 11.6. The third kappa shape index (κ3) is 3.82. The van der Waals surface area contributed by atoms with Crippen molar-refractivity contribution < 1.29 is 18.1 Å². The minimum Gasteiger partial charge on any atom is -0.333 e. The second-order valence-corrected chi connectivity index (χ2v) is 6.76. The van der Waals surface area contributed by atoms with Crippen LogP contribution in [0.4, 0.5) is 18.9 Å². The summed E-state index contributed by atoms with van der Waals surface area (Å²) in [5.74, 6) is 0. The van der Waals surface area contributed by atoms with Gasteiger partial charge in [-0.05, 0) is 47.8 Å². The lowest BCUT2D eigenvalue weighted by atomic mass is 10.3. The predicted molar refractivity (Wildman–Crippen MR) is 85.2 cm³/mol. The number of benzene rings is 2. The van der Waals surface area contributed by atoms with Crippen LogP contribution in [0.1, 0.15) is 0 Å². The van der Waals surface area contributed by atoms with Crippen molar-refractivity contribution in [1.82, 2.24) is 9.97 Å². The molecule has 1 aromatic heterocycles. The number of H-pyrrole nitrogens is 1. The molecule has 0 unspecified atom stereocenters. The van der Waals surface area contributed by atoms with Crippen LogP contribution in [0.25, 0.3) is 11.0 Å². The van der Waals surface area contributed by atoms with Gasteiger partial charge in [0.25, 0.3) is 5.69 Å². The number of nitro benzene ring substituents is 1. The molecule has 2 aromatic carbocycles. The molecule has 0 amide bonds. The van der Waals surface area contributed by atoms with Crippen LogP contribution in [-0.2, 0) is 0 Å². The van der Waals surface area contributed by atoms with E-state index in [1.807, 2.05) is 18.2 Å². The molecular weight excluding hydrogens is 363 g/mol. The lowest BCUT2D eigenvalue weighted by Crippen LogP contribution is -2.00. The van der Waals surface area contributed by atoms with Crippen molar-refractivity contribution in [2.45, 2.75) is 20.5 Å². The number of nitrogens with zero attached hydrogens (tertiary/aromatic N) is 2. The van der Waals surface area contributed by atoms with Crippen LogP contribution in [0.3, 0.4) is 0 Å². The monoisotopic (exact) mass is 371 g/mol. The van der Waals surface area contributed by atoms with E-state index in [4.69, 9.17) is 0 Å². The zero-order valence-electron chi connectivity index (χ0n) is 11.7. The van der Waals surface area contributed by atoms with E-state index >= 15 is 0 Å². The molecule has 124 valence electrons. The second-order valence-electron chi connectivity index (χ2n) is 4.60. The first-order valence-electron chi connectivity index (χ1n) is 6.48. The summed E-state index contributed by atoms with van der Waals surface area (Å²) in [5.41, 5.74) is -3.42. The minimum atomic E-state index is -4.50. The average molecular weight is 371 g/mol. The number of para-hydroxylation sites is 2. The Balaban J connectivity index is 1.93. The lowest BCUT2D eigenvalue weighted by molar-refractivity contribution is -0.387. The molecule has 1 N–H and O–H groups in total. The summed E-state index contributed by atoms with van der Waals surface area (Å²) in [4.78, 5) is 17.7. The Bertz CT molecular complexity index is 879. The van der Waals surface area contributed by atoms with Crippen molar-refractivity contribution in [3.63, 3.8) is 0 Å². The van der Waals surface area contributed by atoms with Gasteiger partial charge in [0.1, 0.15) is 0 Å². The van der Waals surface area contributed by atoms with E-state index in [0.29, 0.717) is 10.7 Å². The minimum absolute atomic E-state index is 0.214. The van der Waals surface area contributed by atoms with E-state index in [1.165, 1.54) is 12.1 Å². The highest BCUT2D eigenvalue weighted by Crippen LogP contribution is 2.41. The molecule has 0 radical (unpaired) electrons. The molecule has 5 nitrogen and oxygen atoms in total. The molecule has 10 heteroatoms. The predicted octanol–water partition coefficient (Wildman–Crippen LogP) is 5.23. The maximum Gasteiger partial charge on any atom is 0.446 e. The Kier molecular flexibility index (Phi) is 4.41. The second kappa shape index (κ2) is 6.36. The van der Waals surface area contributed by atoms with Crippen LogP contribution >= 0.6 is 23.5 Å². The van der Waals surface area contributed by atoms with E-state index in [0.717, 1.165) is 23.3 Å². The maximum absolute atomic E-state index is 12.4. The Labute approximate surface area is 141 Å². The summed E-state index contributed by atoms with van der Waals surface area (Å²) in [6, 6.07) is 10.6. The number of aromatic amines is 1. The molecule has 0 aliphatic carbocycles. The summed E-state index contributed by atoms with van der Waals surface area (Å²) in [6.07, 6.45) is 0. The Morgan fingerprint density at radius 1 is 1.17 bits per heavy atom. The van der Waals surface area contributed by atoms with E-state index in [1.54, 1.807) is 6.07 Å². The smallest absolute Gasteiger partial charge is 0.333 e. The van der Waals surface area contributed by atoms with Crippen molar-refractivity contribution in [3.05, 3.63) is 52.6 Å². The molecule has 0 atom stereocenters. The third-order valence-electron chi connectivity index (χ3n) is 2.93. The largest absolute Gasteiger partial charge is 0.446 e. The number of rotatable bonds is 4. The highest BCUT2D eigenvalue weighted by atomic mass is 32.2. The fraction of sp³-hybridized carbons (Fsp3) is 0.0714. The standard InChI is InChI=1S/C14H8F3N3O2S2/c15-14(16,17)24-8-5-6-12(11(7-8)20(21)22)23-13-18-9-3-1-2-4-10(9)19-13/h1-7H,(H,18,19). The first-order valence-corrected chi connectivity index (χ1v) is 8.12. The van der Waals surface area contributed by atoms with Gasteiger partial charge in [-0.15, -0.1) is 0 Å². The SMILES string of the molecule is O=[N+]([O-])c1cc(SC(F)(F)F)ccc1Sc1nc2ccccc2[nH]1. The number of halogens is 3. The van der Waals surface area contributed by atoms with Gasteiger partial charge in [-0.3, -0.25) is 10.1 Å². The van der Waals surface area contributed by atoms with Crippen molar-refractivity contribution in [2.75, 3.05) is 0 Å². The number of fused-ring (bicyclic) bond motifs is 1. The molecule has 3 rings (SSSR count). The average Bonchev–Trinajstić information content (AvgIpc) is 2.89. The highest BCUT2D eigenvalue weighted by Gasteiger charge is 2.30. The van der Waals surface area contributed by atoms with E-state index < -0.39 is 16.1 Å². The van der Waals surface area contributed by atoms with Crippen LogP contribution in [0.2, 0.25) is 0 Å². The molecule has 0 saturated carbocycles. The first kappa shape index (κ1) is 16.7. The molecule has 3 aromatic rings. The number of nitro groups is 1. The molecule has 0 aliphatic rings. The van der Waals surface area contributed by atoms with Crippen LogP contribution < -0.4 is 0 Å². The topological polar surface area (TPSA) is 71.8 Å². The Morgan fingerprint density at radius 2 is 1.92 bits per heavy atom. The Hall–Kier alpha value is -2.20. The molecule has 24 heavy (non-hydrogen) atoms. The van der Waals surface area contributed by atoms with Gasteiger partial charge >= 0.3 is 5.51 Å². The van der Waals surface area contributed by atoms with Gasteiger partial charge in [0, 0.05) is 11.0 Å². The molecule has 0 bridgehead atoms. The van der Waals surface area contributed by atoms with Crippen LogP contribution in [0.15, 0.2) is 57.4 Å². The number of imidazole rings is 1. The maximum atomic E-state index is 12.4. The molecular formula is C14H8F3N3O2S2. The summed E-state index contributed by atoms with van der Waals surface area (Å²) in [7, 11) is 0. The number of aromatic nitrogens is 2. The zero-order valence-corrected chi connectivity index (χ0v) is 13.3. The summed E-state index contributed by atoms with van der Waals surface area (Å²) in [6.45, 7) is 0. The normalized spacial score (nSPS) is 11.8. The number of nitrogens with one attached hydrogen (secondary N) is 1. The van der Waals surface area contributed by atoms with E-state index in [-0.39, 0.29) is 21.6 Å². The van der Waals surface area contributed by atoms with E-state index in [2.05, 4.69) is 9.97 Å². The van der Waals surface area contributed by atoms with Gasteiger partial charge in [-0.25, -0.2) is 4.98 Å². The van der Waals surface area contributed by atoms with Gasteiger partial charge in [-0.1, -0.05) is 12.1 Å². The van der Waals surface area contributed by atoms with Crippen molar-refractivity contribution in [2.24, 2.45) is 0 Å². The third-order valence-corrected chi connectivity index (χ3v) is 4.61. The van der Waals surface area contributed by atoms with Crippen LogP contribution in [0, 0.1) is 10.1 Å². The molecule has 0 aliphatic heterocycles. The lowest BCUT2D eigenvalue weighted by Gasteiger charge is -2.07. The van der Waals surface area contributed by atoms with Crippen LogP contribution in [0.5, 0.6) is 0 Å². The van der Waals surface area contributed by atoms with Gasteiger partial charge in [0.2, 0.25) is 0 Å². The van der Waals surface area contributed by atoms with E-state index in [9.17, 15) is 23.3 Å². The molecule has 1 heterocycles. The number of hydrogen-bond donors (Lipinski definition) is 1. The first-order chi connectivity index (χ1) is 11.3. The number of thioether (sulfide) groups is 1. The Morgan fingerprint density at radius 3 is 2.58 bits per heavy atom. The van der Waals surface area contributed by atoms with Crippen molar-refractivity contribution in [3.8, 4) is 0 Å². The number of alkyl halides is 3. The van der Waals surface area contributed by atoms with Gasteiger partial charge < -0.3 is 4.98 Å². The molecule has 0 saturated heterocycles. The van der Waals surface area contributed by atoms with Gasteiger partial charge in [0.05, 0.1) is 20.9 Å². The quantitative estimate of drug-likeness (QED) is 0.386. The summed E-state index contributed by atoms with van der Waals surface area (Å²) >= 11 is 0.610. The highest BCUT2D eigenvalue weighted by molar-refractivity contribution is 8.00. The molecule has 0 fully saturated rings. The summed E-state index contributed by atoms with van der Waals surface area (Å²) < 4.78 is 37.2. The fourth-order valence-electron chi connectivity index (χ4n) is 2.01. The van der Waals surface area contributed by atoms with Crippen molar-refractivity contribution >= 4 is 40.2 Å².